The van der Waals surface area contributed by atoms with Gasteiger partial charge in [-0.1, -0.05) is 25.2 Å². The molecule has 0 aromatic rings. The summed E-state index contributed by atoms with van der Waals surface area (Å²) in [4.78, 5) is 4.73. The maximum Gasteiger partial charge on any atom is 0.416 e. The molecule has 0 aromatic carbocycles. The number of hydrogen-bond acceptors (Lipinski definition) is 3. The third kappa shape index (κ3) is 3.73. The van der Waals surface area contributed by atoms with E-state index < -0.39 is 11.7 Å². The Balaban J connectivity index is 1.41. The van der Waals surface area contributed by atoms with E-state index in [1.807, 2.05) is 0 Å². The van der Waals surface area contributed by atoms with E-state index in [1.165, 1.54) is 12.2 Å². The van der Waals surface area contributed by atoms with Crippen molar-refractivity contribution >= 4 is 0 Å². The highest BCUT2D eigenvalue weighted by Gasteiger charge is 2.42. The SMILES string of the molecule is CCC1OC1N1CCN(CC2C=CC(C(F)(F)F)=CC2)CC1. The van der Waals surface area contributed by atoms with Gasteiger partial charge in [-0.3, -0.25) is 4.90 Å². The highest BCUT2D eigenvalue weighted by atomic mass is 19.4. The van der Waals surface area contributed by atoms with Crippen LogP contribution >= 0.6 is 0 Å². The topological polar surface area (TPSA) is 19.0 Å². The molecule has 3 unspecified atom stereocenters. The summed E-state index contributed by atoms with van der Waals surface area (Å²) in [7, 11) is 0. The van der Waals surface area contributed by atoms with Crippen molar-refractivity contribution in [3.8, 4) is 0 Å². The average molecular weight is 316 g/mol. The van der Waals surface area contributed by atoms with Crippen LogP contribution < -0.4 is 0 Å². The van der Waals surface area contributed by atoms with Crippen molar-refractivity contribution in [3.63, 3.8) is 0 Å². The van der Waals surface area contributed by atoms with Crippen LogP contribution in [-0.4, -0.2) is 61.0 Å². The quantitative estimate of drug-likeness (QED) is 0.743. The smallest absolute Gasteiger partial charge is 0.353 e. The largest absolute Gasteiger partial charge is 0.416 e. The van der Waals surface area contributed by atoms with Crippen molar-refractivity contribution < 1.29 is 17.9 Å². The Bertz CT molecular complexity index is 453. The third-order valence-electron chi connectivity index (χ3n) is 4.73. The second-order valence-corrected chi connectivity index (χ2v) is 6.32. The molecule has 2 fully saturated rings. The van der Waals surface area contributed by atoms with Crippen LogP contribution in [0.15, 0.2) is 23.8 Å². The number of nitrogens with zero attached hydrogens (tertiary/aromatic N) is 2. The molecule has 2 heterocycles. The van der Waals surface area contributed by atoms with Gasteiger partial charge in [0.25, 0.3) is 0 Å². The zero-order valence-corrected chi connectivity index (χ0v) is 12.9. The Kier molecular flexibility index (Phi) is 4.61. The van der Waals surface area contributed by atoms with E-state index in [-0.39, 0.29) is 5.92 Å². The van der Waals surface area contributed by atoms with Crippen LogP contribution in [0.4, 0.5) is 13.2 Å². The van der Waals surface area contributed by atoms with E-state index in [4.69, 9.17) is 4.74 Å². The lowest BCUT2D eigenvalue weighted by Crippen LogP contribution is -2.49. The lowest BCUT2D eigenvalue weighted by molar-refractivity contribution is -0.0887. The summed E-state index contributed by atoms with van der Waals surface area (Å²) >= 11 is 0. The lowest BCUT2D eigenvalue weighted by atomic mass is 9.95. The number of alkyl halides is 3. The van der Waals surface area contributed by atoms with Gasteiger partial charge in [0.1, 0.15) is 6.23 Å². The zero-order chi connectivity index (χ0) is 15.7. The Morgan fingerprint density at radius 3 is 2.45 bits per heavy atom. The second-order valence-electron chi connectivity index (χ2n) is 6.32. The number of piperazine rings is 1. The molecule has 3 nitrogen and oxygen atoms in total. The maximum atomic E-state index is 12.6. The summed E-state index contributed by atoms with van der Waals surface area (Å²) in [5.41, 5.74) is -0.509. The Morgan fingerprint density at radius 2 is 1.95 bits per heavy atom. The molecule has 2 aliphatic heterocycles. The predicted octanol–water partition coefficient (Wildman–Crippen LogP) is 2.80. The van der Waals surface area contributed by atoms with Crippen molar-refractivity contribution in [2.75, 3.05) is 32.7 Å². The van der Waals surface area contributed by atoms with E-state index in [9.17, 15) is 13.2 Å². The van der Waals surface area contributed by atoms with E-state index in [0.29, 0.717) is 18.8 Å². The first kappa shape index (κ1) is 16.0. The van der Waals surface area contributed by atoms with Crippen molar-refractivity contribution in [3.05, 3.63) is 23.8 Å². The van der Waals surface area contributed by atoms with Gasteiger partial charge < -0.3 is 9.64 Å². The fourth-order valence-corrected chi connectivity index (χ4v) is 3.30. The van der Waals surface area contributed by atoms with Gasteiger partial charge in [0.05, 0.1) is 11.7 Å². The first-order valence-electron chi connectivity index (χ1n) is 8.05. The first-order valence-corrected chi connectivity index (χ1v) is 8.05. The van der Waals surface area contributed by atoms with Crippen molar-refractivity contribution in [1.82, 2.24) is 9.80 Å². The Hall–Kier alpha value is -0.850. The van der Waals surface area contributed by atoms with E-state index >= 15 is 0 Å². The molecule has 3 atom stereocenters. The Morgan fingerprint density at radius 1 is 1.23 bits per heavy atom. The predicted molar refractivity (Wildman–Crippen MR) is 78.4 cm³/mol. The van der Waals surface area contributed by atoms with E-state index in [0.717, 1.165) is 39.1 Å². The number of allylic oxidation sites excluding steroid dienone is 3. The molecule has 22 heavy (non-hydrogen) atoms. The van der Waals surface area contributed by atoms with Crippen LogP contribution in [0.2, 0.25) is 0 Å². The number of rotatable bonds is 4. The average Bonchev–Trinajstić information content (AvgIpc) is 3.27. The van der Waals surface area contributed by atoms with Crippen LogP contribution in [0.5, 0.6) is 0 Å². The summed E-state index contributed by atoms with van der Waals surface area (Å²) in [5, 5.41) is 0. The van der Waals surface area contributed by atoms with Gasteiger partial charge in [-0.05, 0) is 18.8 Å². The van der Waals surface area contributed by atoms with Gasteiger partial charge in [-0.25, -0.2) is 0 Å². The Labute approximate surface area is 129 Å². The summed E-state index contributed by atoms with van der Waals surface area (Å²) in [5.74, 6) is 0.193. The second kappa shape index (κ2) is 6.34. The highest BCUT2D eigenvalue weighted by Crippen LogP contribution is 2.32. The van der Waals surface area contributed by atoms with Crippen LogP contribution in [0.25, 0.3) is 0 Å². The number of epoxide rings is 1. The number of halogens is 3. The maximum absolute atomic E-state index is 12.6. The van der Waals surface area contributed by atoms with Crippen LogP contribution in [0, 0.1) is 5.92 Å². The standard InChI is InChI=1S/C16H23F3N2O/c1-2-14-15(22-14)21-9-7-20(8-10-21)11-12-3-5-13(6-4-12)16(17,18)19/h3,5-6,12,14-15H,2,4,7-11H2,1H3. The molecule has 0 bridgehead atoms. The number of ether oxygens (including phenoxy) is 1. The van der Waals surface area contributed by atoms with Gasteiger partial charge in [-0.15, -0.1) is 0 Å². The van der Waals surface area contributed by atoms with Crippen LogP contribution in [-0.2, 0) is 4.74 Å². The fraction of sp³-hybridized carbons (Fsp3) is 0.750. The molecule has 2 saturated heterocycles. The summed E-state index contributed by atoms with van der Waals surface area (Å²) < 4.78 is 43.3. The minimum Gasteiger partial charge on any atom is -0.353 e. The van der Waals surface area contributed by atoms with Gasteiger partial charge in [-0.2, -0.15) is 13.2 Å². The molecule has 124 valence electrons. The molecule has 0 radical (unpaired) electrons. The van der Waals surface area contributed by atoms with Gasteiger partial charge in [0.2, 0.25) is 0 Å². The summed E-state index contributed by atoms with van der Waals surface area (Å²) in [6.45, 7) is 6.89. The molecule has 0 amide bonds. The molecule has 3 rings (SSSR count). The molecule has 3 aliphatic rings. The lowest BCUT2D eigenvalue weighted by Gasteiger charge is -2.35. The number of hydrogen-bond donors (Lipinski definition) is 0. The van der Waals surface area contributed by atoms with Crippen LogP contribution in [0.3, 0.4) is 0 Å². The molecule has 6 heteroatoms. The van der Waals surface area contributed by atoms with Gasteiger partial charge >= 0.3 is 6.18 Å². The van der Waals surface area contributed by atoms with E-state index in [2.05, 4.69) is 16.7 Å². The fourth-order valence-electron chi connectivity index (χ4n) is 3.30. The molecule has 0 N–H and O–H groups in total. The van der Waals surface area contributed by atoms with Crippen LogP contribution in [0.1, 0.15) is 19.8 Å². The van der Waals surface area contributed by atoms with Gasteiger partial charge in [0, 0.05) is 32.7 Å². The van der Waals surface area contributed by atoms with Crippen molar-refractivity contribution in [2.45, 2.75) is 38.3 Å². The third-order valence-corrected chi connectivity index (χ3v) is 4.73. The first-order chi connectivity index (χ1) is 10.5. The van der Waals surface area contributed by atoms with Crippen molar-refractivity contribution in [2.24, 2.45) is 5.92 Å². The normalized spacial score (nSPS) is 33.8. The monoisotopic (exact) mass is 316 g/mol. The van der Waals surface area contributed by atoms with Crippen molar-refractivity contribution in [1.29, 1.82) is 0 Å². The molecule has 0 aromatic heterocycles. The zero-order valence-electron chi connectivity index (χ0n) is 12.9. The van der Waals surface area contributed by atoms with Gasteiger partial charge in [0.15, 0.2) is 0 Å². The summed E-state index contributed by atoms with van der Waals surface area (Å²) in [6, 6.07) is 0. The van der Waals surface area contributed by atoms with E-state index in [1.54, 1.807) is 6.08 Å². The molecular formula is C16H23F3N2O. The summed E-state index contributed by atoms with van der Waals surface area (Å²) in [6.07, 6.45) is 2.30. The highest BCUT2D eigenvalue weighted by molar-refractivity contribution is 5.28. The minimum atomic E-state index is -4.22. The minimum absolute atomic E-state index is 0.193. The molecule has 0 saturated carbocycles. The molecule has 1 aliphatic carbocycles. The molecular weight excluding hydrogens is 293 g/mol. The molecule has 0 spiro atoms.